The summed E-state index contributed by atoms with van der Waals surface area (Å²) in [6.45, 7) is 4.79. The van der Waals surface area contributed by atoms with E-state index in [1.165, 1.54) is 31.5 Å². The predicted molar refractivity (Wildman–Crippen MR) is 90.2 cm³/mol. The van der Waals surface area contributed by atoms with Crippen LogP contribution in [0.25, 0.3) is 0 Å². The molecule has 0 bridgehead atoms. The van der Waals surface area contributed by atoms with Gasteiger partial charge in [0.15, 0.2) is 11.6 Å². The number of anilines is 2. The van der Waals surface area contributed by atoms with Crippen LogP contribution in [0.2, 0.25) is 0 Å². The number of hydrogen-bond acceptors (Lipinski definition) is 8. The fourth-order valence-electron chi connectivity index (χ4n) is 2.60. The number of nitrogens with zero attached hydrogens (tertiary/aromatic N) is 5. The van der Waals surface area contributed by atoms with Crippen LogP contribution < -0.4 is 15.9 Å². The molecule has 0 spiro atoms. The lowest BCUT2D eigenvalue weighted by Gasteiger charge is -2.12. The van der Waals surface area contributed by atoms with Crippen LogP contribution in [0.3, 0.4) is 0 Å². The zero-order valence-corrected chi connectivity index (χ0v) is 14.0. The van der Waals surface area contributed by atoms with Crippen LogP contribution in [0, 0.1) is 0 Å². The van der Waals surface area contributed by atoms with E-state index in [4.69, 9.17) is 10.6 Å². The fourth-order valence-corrected chi connectivity index (χ4v) is 3.06. The molecule has 0 saturated carbocycles. The van der Waals surface area contributed by atoms with E-state index in [-0.39, 0.29) is 0 Å². The summed E-state index contributed by atoms with van der Waals surface area (Å²) in [5, 5.41) is 7.41. The van der Waals surface area contributed by atoms with Gasteiger partial charge >= 0.3 is 0 Å². The van der Waals surface area contributed by atoms with Gasteiger partial charge in [0.1, 0.15) is 6.61 Å². The molecule has 3 rings (SSSR count). The molecular formula is C14H23N7OS. The smallest absolute Gasteiger partial charge is 0.184 e. The van der Waals surface area contributed by atoms with Crippen molar-refractivity contribution in [3.05, 3.63) is 18.0 Å². The number of nitrogens with one attached hydrogen (secondary N) is 1. The van der Waals surface area contributed by atoms with Crippen molar-refractivity contribution in [3.8, 4) is 0 Å². The predicted octanol–water partition coefficient (Wildman–Crippen LogP) is 1.23. The van der Waals surface area contributed by atoms with E-state index in [9.17, 15) is 0 Å². The minimum atomic E-state index is 0.466. The molecule has 2 aromatic rings. The standard InChI is InChI=1S/C14H23N7OS/c15-13-14(19-23-18-13)16-5-1-4-8-22-21-11-12(9-17-21)10-20-6-2-3-7-20/h9,11H,1-8,10H2,(H2,15,18)(H,16,19). The van der Waals surface area contributed by atoms with Crippen LogP contribution in [0.5, 0.6) is 0 Å². The summed E-state index contributed by atoms with van der Waals surface area (Å²) in [5.41, 5.74) is 6.86. The molecule has 1 saturated heterocycles. The highest BCUT2D eigenvalue weighted by atomic mass is 32.1. The lowest BCUT2D eigenvalue weighted by Crippen LogP contribution is -2.18. The molecule has 0 unspecified atom stereocenters. The van der Waals surface area contributed by atoms with Crippen molar-refractivity contribution >= 4 is 23.4 Å². The van der Waals surface area contributed by atoms with Crippen molar-refractivity contribution in [3.63, 3.8) is 0 Å². The molecule has 23 heavy (non-hydrogen) atoms. The van der Waals surface area contributed by atoms with Gasteiger partial charge < -0.3 is 15.9 Å². The first-order valence-electron chi connectivity index (χ1n) is 8.02. The molecule has 8 nitrogen and oxygen atoms in total. The lowest BCUT2D eigenvalue weighted by molar-refractivity contribution is 0.0798. The van der Waals surface area contributed by atoms with Crippen molar-refractivity contribution in [1.82, 2.24) is 23.6 Å². The van der Waals surface area contributed by atoms with Gasteiger partial charge in [-0.2, -0.15) is 8.75 Å². The van der Waals surface area contributed by atoms with Gasteiger partial charge in [0, 0.05) is 18.7 Å². The topological polar surface area (TPSA) is 94.1 Å². The minimum absolute atomic E-state index is 0.466. The van der Waals surface area contributed by atoms with Crippen molar-refractivity contribution in [1.29, 1.82) is 0 Å². The van der Waals surface area contributed by atoms with Crippen LogP contribution in [0.1, 0.15) is 31.2 Å². The summed E-state index contributed by atoms with van der Waals surface area (Å²) in [4.78, 5) is 9.64. The molecule has 126 valence electrons. The SMILES string of the molecule is Nc1nsnc1NCCCCOn1cc(CN2CCCC2)cn1. The maximum Gasteiger partial charge on any atom is 0.184 e. The maximum absolute atomic E-state index is 5.65. The van der Waals surface area contributed by atoms with Crippen molar-refractivity contribution in [2.75, 3.05) is 37.3 Å². The monoisotopic (exact) mass is 337 g/mol. The van der Waals surface area contributed by atoms with Crippen LogP contribution in [-0.2, 0) is 6.54 Å². The molecule has 0 aromatic carbocycles. The highest BCUT2D eigenvalue weighted by molar-refractivity contribution is 6.99. The number of likely N-dealkylation sites (tertiary alicyclic amines) is 1. The average Bonchev–Trinajstić information content (AvgIpc) is 3.27. The minimum Gasteiger partial charge on any atom is -0.397 e. The summed E-state index contributed by atoms with van der Waals surface area (Å²) < 4.78 is 7.99. The van der Waals surface area contributed by atoms with Gasteiger partial charge in [-0.1, -0.05) is 0 Å². The second-order valence-corrected chi connectivity index (χ2v) is 6.23. The van der Waals surface area contributed by atoms with Crippen LogP contribution in [-0.4, -0.2) is 49.8 Å². The van der Waals surface area contributed by atoms with Crippen LogP contribution in [0.15, 0.2) is 12.4 Å². The summed E-state index contributed by atoms with van der Waals surface area (Å²) in [7, 11) is 0. The van der Waals surface area contributed by atoms with E-state index in [0.717, 1.165) is 37.7 Å². The van der Waals surface area contributed by atoms with Crippen LogP contribution in [0.4, 0.5) is 11.6 Å². The highest BCUT2D eigenvalue weighted by Gasteiger charge is 2.12. The van der Waals surface area contributed by atoms with E-state index in [0.29, 0.717) is 18.2 Å². The number of nitrogens with two attached hydrogens (primary N) is 1. The first-order valence-corrected chi connectivity index (χ1v) is 8.75. The van der Waals surface area contributed by atoms with Gasteiger partial charge in [0.2, 0.25) is 0 Å². The van der Waals surface area contributed by atoms with E-state index in [1.54, 1.807) is 4.85 Å². The molecule has 9 heteroatoms. The molecule has 0 aliphatic carbocycles. The molecule has 3 heterocycles. The molecule has 1 aliphatic heterocycles. The average molecular weight is 337 g/mol. The van der Waals surface area contributed by atoms with Crippen LogP contribution >= 0.6 is 11.7 Å². The second kappa shape index (κ2) is 8.11. The summed E-state index contributed by atoms with van der Waals surface area (Å²) in [6, 6.07) is 0. The number of hydrogen-bond donors (Lipinski definition) is 2. The summed E-state index contributed by atoms with van der Waals surface area (Å²) >= 11 is 1.12. The molecular weight excluding hydrogens is 314 g/mol. The largest absolute Gasteiger partial charge is 0.397 e. The molecule has 0 amide bonds. The molecule has 0 radical (unpaired) electrons. The Bertz CT molecular complexity index is 593. The Hall–Kier alpha value is -1.87. The van der Waals surface area contributed by atoms with Gasteiger partial charge in [-0.3, -0.25) is 4.90 Å². The summed E-state index contributed by atoms with van der Waals surface area (Å²) in [6.07, 6.45) is 8.38. The third kappa shape index (κ3) is 4.80. The number of unbranched alkanes of at least 4 members (excludes halogenated alkanes) is 1. The molecule has 2 aromatic heterocycles. The van der Waals surface area contributed by atoms with Crippen molar-refractivity contribution in [2.24, 2.45) is 0 Å². The highest BCUT2D eigenvalue weighted by Crippen LogP contribution is 2.13. The number of nitrogen functional groups attached to an aromatic ring is 1. The Kier molecular flexibility index (Phi) is 5.65. The maximum atomic E-state index is 5.65. The van der Waals surface area contributed by atoms with E-state index < -0.39 is 0 Å². The summed E-state index contributed by atoms with van der Waals surface area (Å²) in [5.74, 6) is 1.14. The zero-order valence-electron chi connectivity index (χ0n) is 13.1. The van der Waals surface area contributed by atoms with Gasteiger partial charge in [-0.25, -0.2) is 0 Å². The molecule has 3 N–H and O–H groups in total. The molecule has 1 fully saturated rings. The van der Waals surface area contributed by atoms with E-state index >= 15 is 0 Å². The van der Waals surface area contributed by atoms with Gasteiger partial charge in [-0.05, 0) is 38.8 Å². The van der Waals surface area contributed by atoms with E-state index in [1.807, 2.05) is 12.4 Å². The Morgan fingerprint density at radius 1 is 1.26 bits per heavy atom. The Morgan fingerprint density at radius 3 is 2.91 bits per heavy atom. The number of aromatic nitrogens is 4. The Balaban J connectivity index is 1.28. The van der Waals surface area contributed by atoms with E-state index in [2.05, 4.69) is 24.1 Å². The molecule has 1 aliphatic rings. The lowest BCUT2D eigenvalue weighted by atomic mass is 10.3. The van der Waals surface area contributed by atoms with Gasteiger partial charge in [0.25, 0.3) is 0 Å². The quantitative estimate of drug-likeness (QED) is 0.665. The third-order valence-corrected chi connectivity index (χ3v) is 4.36. The van der Waals surface area contributed by atoms with Gasteiger partial charge in [0.05, 0.1) is 24.1 Å². The fraction of sp³-hybridized carbons (Fsp3) is 0.643. The first-order chi connectivity index (χ1) is 11.3. The normalized spacial score (nSPS) is 15.1. The third-order valence-electron chi connectivity index (χ3n) is 3.82. The Morgan fingerprint density at radius 2 is 2.13 bits per heavy atom. The second-order valence-electron chi connectivity index (χ2n) is 5.70. The van der Waals surface area contributed by atoms with Crippen molar-refractivity contribution in [2.45, 2.75) is 32.2 Å². The Labute approximate surface area is 139 Å². The zero-order chi connectivity index (χ0) is 15.9. The first kappa shape index (κ1) is 16.0. The van der Waals surface area contributed by atoms with Crippen molar-refractivity contribution < 1.29 is 4.84 Å². The van der Waals surface area contributed by atoms with Gasteiger partial charge in [-0.15, -0.1) is 9.94 Å². The molecule has 0 atom stereocenters. The number of rotatable bonds is 9.